The minimum atomic E-state index is -0.167. The molecule has 2 saturated heterocycles. The molecule has 166 valence electrons. The molecule has 2 aromatic rings. The number of amides is 1. The van der Waals surface area contributed by atoms with Gasteiger partial charge in [-0.1, -0.05) is 18.5 Å². The molecular formula is C23H30ClN5O2. The van der Waals surface area contributed by atoms with Crippen LogP contribution in [0.15, 0.2) is 29.2 Å². The summed E-state index contributed by atoms with van der Waals surface area (Å²) < 4.78 is 0. The molecule has 2 aliphatic heterocycles. The SMILES string of the molecule is CCc1cc(Cl)c(C2CCN(C3CCN(c4ccc(C(=O)NC)nc4)CC3)C2)[nH]c1=O. The molecule has 2 fully saturated rings. The molecule has 2 aliphatic rings. The van der Waals surface area contributed by atoms with Gasteiger partial charge < -0.3 is 15.2 Å². The number of pyridine rings is 2. The average molecular weight is 444 g/mol. The smallest absolute Gasteiger partial charge is 0.269 e. The monoisotopic (exact) mass is 443 g/mol. The van der Waals surface area contributed by atoms with E-state index in [1.165, 1.54) is 0 Å². The number of rotatable bonds is 5. The Hall–Kier alpha value is -2.38. The molecule has 0 aromatic carbocycles. The topological polar surface area (TPSA) is 81.3 Å². The number of aryl methyl sites for hydroxylation is 1. The van der Waals surface area contributed by atoms with Crippen LogP contribution >= 0.6 is 11.6 Å². The van der Waals surface area contributed by atoms with Crippen molar-refractivity contribution in [1.82, 2.24) is 20.2 Å². The number of carbonyl (C=O) groups is 1. The fourth-order valence-corrected chi connectivity index (χ4v) is 5.13. The lowest BCUT2D eigenvalue weighted by atomic mass is 10.0. The Balaban J connectivity index is 1.34. The van der Waals surface area contributed by atoms with E-state index in [0.29, 0.717) is 23.2 Å². The Kier molecular flexibility index (Phi) is 6.62. The molecule has 2 N–H and O–H groups in total. The maximum atomic E-state index is 12.2. The Morgan fingerprint density at radius 1 is 1.26 bits per heavy atom. The third-order valence-electron chi connectivity index (χ3n) is 6.66. The molecule has 0 spiro atoms. The van der Waals surface area contributed by atoms with E-state index in [1.54, 1.807) is 19.3 Å². The van der Waals surface area contributed by atoms with Crippen molar-refractivity contribution >= 4 is 23.2 Å². The van der Waals surface area contributed by atoms with Crippen molar-refractivity contribution in [3.8, 4) is 0 Å². The van der Waals surface area contributed by atoms with E-state index in [-0.39, 0.29) is 17.4 Å². The number of halogens is 1. The van der Waals surface area contributed by atoms with Gasteiger partial charge in [0.15, 0.2) is 0 Å². The van der Waals surface area contributed by atoms with Crippen molar-refractivity contribution in [1.29, 1.82) is 0 Å². The second-order valence-electron chi connectivity index (χ2n) is 8.42. The summed E-state index contributed by atoms with van der Waals surface area (Å²) in [5.41, 5.74) is 3.13. The van der Waals surface area contributed by atoms with Gasteiger partial charge in [-0.25, -0.2) is 4.98 Å². The van der Waals surface area contributed by atoms with E-state index in [9.17, 15) is 9.59 Å². The van der Waals surface area contributed by atoms with Crippen molar-refractivity contribution in [3.05, 3.63) is 56.7 Å². The fourth-order valence-electron chi connectivity index (χ4n) is 4.80. The molecule has 2 aromatic heterocycles. The van der Waals surface area contributed by atoms with Gasteiger partial charge in [-0.3, -0.25) is 14.5 Å². The van der Waals surface area contributed by atoms with Crippen LogP contribution in [0.3, 0.4) is 0 Å². The molecule has 0 bridgehead atoms. The number of anilines is 1. The first-order valence-corrected chi connectivity index (χ1v) is 11.5. The lowest BCUT2D eigenvalue weighted by Crippen LogP contribution is -2.44. The zero-order valence-electron chi connectivity index (χ0n) is 18.2. The van der Waals surface area contributed by atoms with Gasteiger partial charge in [0.25, 0.3) is 11.5 Å². The van der Waals surface area contributed by atoms with Gasteiger partial charge in [-0.05, 0) is 50.4 Å². The lowest BCUT2D eigenvalue weighted by Gasteiger charge is -2.37. The van der Waals surface area contributed by atoms with Crippen LogP contribution in [0.2, 0.25) is 5.02 Å². The summed E-state index contributed by atoms with van der Waals surface area (Å²) in [5.74, 6) is 0.116. The van der Waals surface area contributed by atoms with Crippen molar-refractivity contribution in [3.63, 3.8) is 0 Å². The summed E-state index contributed by atoms with van der Waals surface area (Å²) in [5, 5.41) is 3.28. The number of aromatic nitrogens is 2. The van der Waals surface area contributed by atoms with Gasteiger partial charge in [0, 0.05) is 49.9 Å². The molecule has 31 heavy (non-hydrogen) atoms. The largest absolute Gasteiger partial charge is 0.370 e. The summed E-state index contributed by atoms with van der Waals surface area (Å²) in [7, 11) is 1.61. The highest BCUT2D eigenvalue weighted by Crippen LogP contribution is 2.33. The number of nitrogens with zero attached hydrogens (tertiary/aromatic N) is 3. The number of H-pyrrole nitrogens is 1. The molecule has 1 unspecified atom stereocenters. The van der Waals surface area contributed by atoms with Crippen LogP contribution in [0.5, 0.6) is 0 Å². The molecule has 0 aliphatic carbocycles. The highest BCUT2D eigenvalue weighted by atomic mass is 35.5. The summed E-state index contributed by atoms with van der Waals surface area (Å²) in [4.78, 5) is 36.1. The van der Waals surface area contributed by atoms with Crippen LogP contribution in [0, 0.1) is 0 Å². The molecular weight excluding hydrogens is 414 g/mol. The van der Waals surface area contributed by atoms with E-state index < -0.39 is 0 Å². The first kappa shape index (κ1) is 21.8. The second kappa shape index (κ2) is 9.40. The molecule has 1 amide bonds. The zero-order valence-corrected chi connectivity index (χ0v) is 18.9. The molecule has 7 nitrogen and oxygen atoms in total. The molecule has 8 heteroatoms. The number of aromatic amines is 1. The minimum Gasteiger partial charge on any atom is -0.370 e. The number of hydrogen-bond donors (Lipinski definition) is 2. The van der Waals surface area contributed by atoms with Crippen molar-refractivity contribution in [2.75, 3.05) is 38.1 Å². The summed E-state index contributed by atoms with van der Waals surface area (Å²) in [6.45, 7) is 5.88. The Morgan fingerprint density at radius 2 is 2.03 bits per heavy atom. The highest BCUT2D eigenvalue weighted by molar-refractivity contribution is 6.31. The Labute approximate surface area is 187 Å². The average Bonchev–Trinajstić information content (AvgIpc) is 3.30. The summed E-state index contributed by atoms with van der Waals surface area (Å²) in [6, 6.07) is 6.13. The predicted octanol–water partition coefficient (Wildman–Crippen LogP) is 2.80. The van der Waals surface area contributed by atoms with Gasteiger partial charge in [0.1, 0.15) is 5.69 Å². The third-order valence-corrected chi connectivity index (χ3v) is 6.97. The van der Waals surface area contributed by atoms with E-state index in [0.717, 1.165) is 62.4 Å². The fraction of sp³-hybridized carbons (Fsp3) is 0.522. The van der Waals surface area contributed by atoms with Crippen molar-refractivity contribution in [2.45, 2.75) is 44.6 Å². The number of carbonyl (C=O) groups excluding carboxylic acids is 1. The quantitative estimate of drug-likeness (QED) is 0.742. The number of nitrogens with one attached hydrogen (secondary N) is 2. The van der Waals surface area contributed by atoms with Gasteiger partial charge in [-0.15, -0.1) is 0 Å². The minimum absolute atomic E-state index is 0.00953. The van der Waals surface area contributed by atoms with E-state index in [2.05, 4.69) is 25.1 Å². The predicted molar refractivity (Wildman–Crippen MR) is 123 cm³/mol. The third kappa shape index (κ3) is 4.62. The van der Waals surface area contributed by atoms with E-state index >= 15 is 0 Å². The van der Waals surface area contributed by atoms with Gasteiger partial charge >= 0.3 is 0 Å². The van der Waals surface area contributed by atoms with Gasteiger partial charge in [-0.2, -0.15) is 0 Å². The van der Waals surface area contributed by atoms with Crippen molar-refractivity contribution in [2.24, 2.45) is 0 Å². The Bertz CT molecular complexity index is 982. The second-order valence-corrected chi connectivity index (χ2v) is 8.83. The number of piperidine rings is 1. The first-order valence-electron chi connectivity index (χ1n) is 11.1. The zero-order chi connectivity index (χ0) is 22.0. The Morgan fingerprint density at radius 3 is 2.68 bits per heavy atom. The van der Waals surface area contributed by atoms with Crippen LogP contribution in [-0.2, 0) is 6.42 Å². The van der Waals surface area contributed by atoms with E-state index in [4.69, 9.17) is 11.6 Å². The molecule has 0 radical (unpaired) electrons. The van der Waals surface area contributed by atoms with Crippen LogP contribution in [0.4, 0.5) is 5.69 Å². The molecule has 0 saturated carbocycles. The van der Waals surface area contributed by atoms with Gasteiger partial charge in [0.05, 0.1) is 16.9 Å². The molecule has 4 rings (SSSR count). The number of hydrogen-bond acceptors (Lipinski definition) is 5. The van der Waals surface area contributed by atoms with Crippen LogP contribution < -0.4 is 15.8 Å². The first-order chi connectivity index (χ1) is 15.0. The maximum Gasteiger partial charge on any atom is 0.269 e. The highest BCUT2D eigenvalue weighted by Gasteiger charge is 2.32. The summed E-state index contributed by atoms with van der Waals surface area (Å²) in [6.07, 6.45) is 5.67. The standard InChI is InChI=1S/C23H30ClN5O2/c1-3-15-12-19(24)21(27-22(15)30)16-6-9-29(14-16)17-7-10-28(11-8-17)18-4-5-20(26-13-18)23(31)25-2/h4-5,12-13,16-17H,3,6-11,14H2,1-2H3,(H,25,31)(H,27,30). The molecule has 1 atom stereocenters. The normalized spacial score (nSPS) is 20.2. The lowest BCUT2D eigenvalue weighted by molar-refractivity contribution is 0.0958. The van der Waals surface area contributed by atoms with Crippen LogP contribution in [0.25, 0.3) is 0 Å². The maximum absolute atomic E-state index is 12.2. The molecule has 4 heterocycles. The summed E-state index contributed by atoms with van der Waals surface area (Å²) >= 11 is 6.49. The van der Waals surface area contributed by atoms with E-state index in [1.807, 2.05) is 19.1 Å². The van der Waals surface area contributed by atoms with Crippen molar-refractivity contribution < 1.29 is 4.79 Å². The van der Waals surface area contributed by atoms with Crippen LogP contribution in [-0.4, -0.2) is 60.0 Å². The number of likely N-dealkylation sites (tertiary alicyclic amines) is 1. The van der Waals surface area contributed by atoms with Crippen LogP contribution in [0.1, 0.15) is 53.8 Å². The van der Waals surface area contributed by atoms with Gasteiger partial charge in [0.2, 0.25) is 0 Å².